The van der Waals surface area contributed by atoms with Gasteiger partial charge in [0.1, 0.15) is 0 Å². The summed E-state index contributed by atoms with van der Waals surface area (Å²) in [4.78, 5) is 20.5. The summed E-state index contributed by atoms with van der Waals surface area (Å²) < 4.78 is 22.4. The molecule has 2 rings (SSSR count). The average Bonchev–Trinajstić information content (AvgIpc) is 2.60. The highest BCUT2D eigenvalue weighted by Crippen LogP contribution is 2.18. The van der Waals surface area contributed by atoms with E-state index in [0.717, 1.165) is 5.56 Å². The van der Waals surface area contributed by atoms with E-state index in [1.54, 1.807) is 18.2 Å². The van der Waals surface area contributed by atoms with E-state index in [1.807, 2.05) is 0 Å². The minimum Gasteiger partial charge on any atom is -0.350 e. The second-order valence-corrected chi connectivity index (χ2v) is 8.10. The van der Waals surface area contributed by atoms with Crippen molar-refractivity contribution in [2.24, 2.45) is 5.14 Å². The predicted octanol–water partition coefficient (Wildman–Crippen LogP) is 2.03. The van der Waals surface area contributed by atoms with Gasteiger partial charge >= 0.3 is 0 Å². The van der Waals surface area contributed by atoms with Crippen LogP contribution in [0.15, 0.2) is 53.2 Å². The monoisotopic (exact) mass is 412 g/mol. The van der Waals surface area contributed by atoms with Gasteiger partial charge in [-0.1, -0.05) is 41.6 Å². The van der Waals surface area contributed by atoms with E-state index >= 15 is 0 Å². The third-order valence-corrected chi connectivity index (χ3v) is 5.28. The van der Waals surface area contributed by atoms with Gasteiger partial charge in [0.15, 0.2) is 10.9 Å². The summed E-state index contributed by atoms with van der Waals surface area (Å²) in [5.41, 5.74) is 0.964. The van der Waals surface area contributed by atoms with Crippen LogP contribution in [0.4, 0.5) is 0 Å². The molecule has 7 nitrogen and oxygen atoms in total. The summed E-state index contributed by atoms with van der Waals surface area (Å²) in [5, 5.41) is 8.39. The number of nitrogens with zero attached hydrogens (tertiary/aromatic N) is 2. The molecule has 10 heteroatoms. The number of rotatable bonds is 8. The number of thioether (sulfide) groups is 1. The van der Waals surface area contributed by atoms with Crippen molar-refractivity contribution >= 4 is 39.3 Å². The lowest BCUT2D eigenvalue weighted by Gasteiger charge is -2.07. The van der Waals surface area contributed by atoms with Gasteiger partial charge in [-0.3, -0.25) is 4.79 Å². The number of sulfonamides is 1. The first kappa shape index (κ1) is 20.4. The van der Waals surface area contributed by atoms with Crippen LogP contribution in [0, 0.1) is 0 Å². The number of primary sulfonamides is 1. The molecule has 0 atom stereocenters. The summed E-state index contributed by atoms with van der Waals surface area (Å²) in [6, 6.07) is 6.15. The van der Waals surface area contributed by atoms with E-state index in [2.05, 4.69) is 21.9 Å². The SMILES string of the molecule is C=CCSc1ncc(Cl)c(C(=O)NCCc2ccc(S(N)(=O)=O)cc2)n1. The van der Waals surface area contributed by atoms with Crippen LogP contribution in [-0.4, -0.2) is 36.6 Å². The zero-order chi connectivity index (χ0) is 19.2. The molecule has 0 fully saturated rings. The number of amides is 1. The molecule has 138 valence electrons. The highest BCUT2D eigenvalue weighted by molar-refractivity contribution is 7.99. The molecule has 0 spiro atoms. The molecule has 1 heterocycles. The first-order valence-corrected chi connectivity index (χ1v) is 10.4. The van der Waals surface area contributed by atoms with Gasteiger partial charge in [0.2, 0.25) is 10.0 Å². The topological polar surface area (TPSA) is 115 Å². The number of benzene rings is 1. The molecule has 0 radical (unpaired) electrons. The smallest absolute Gasteiger partial charge is 0.271 e. The van der Waals surface area contributed by atoms with Gasteiger partial charge in [-0.15, -0.1) is 6.58 Å². The van der Waals surface area contributed by atoms with Crippen molar-refractivity contribution in [3.8, 4) is 0 Å². The molecule has 1 amide bonds. The molecule has 0 aliphatic heterocycles. The fourth-order valence-corrected chi connectivity index (χ4v) is 3.21. The summed E-state index contributed by atoms with van der Waals surface area (Å²) in [6.07, 6.45) is 3.61. The van der Waals surface area contributed by atoms with Crippen LogP contribution in [0.5, 0.6) is 0 Å². The van der Waals surface area contributed by atoms with Crippen LogP contribution in [0.25, 0.3) is 0 Å². The number of carbonyl (C=O) groups is 1. The summed E-state index contributed by atoms with van der Waals surface area (Å²) in [7, 11) is -3.71. The zero-order valence-electron chi connectivity index (χ0n) is 13.7. The van der Waals surface area contributed by atoms with E-state index in [1.165, 1.54) is 30.1 Å². The molecule has 1 aromatic carbocycles. The second kappa shape index (κ2) is 9.13. The molecule has 0 aliphatic rings. The van der Waals surface area contributed by atoms with E-state index in [9.17, 15) is 13.2 Å². The Kier molecular flexibility index (Phi) is 7.15. The number of hydrogen-bond acceptors (Lipinski definition) is 6. The fourth-order valence-electron chi connectivity index (χ4n) is 1.96. The Bertz CT molecular complexity index is 902. The minimum atomic E-state index is -3.71. The Morgan fingerprint density at radius 3 is 2.65 bits per heavy atom. The molecule has 26 heavy (non-hydrogen) atoms. The Morgan fingerprint density at radius 1 is 1.35 bits per heavy atom. The summed E-state index contributed by atoms with van der Waals surface area (Å²) in [5.74, 6) is 0.219. The van der Waals surface area contributed by atoms with Crippen molar-refractivity contribution in [1.82, 2.24) is 15.3 Å². The quantitative estimate of drug-likeness (QED) is 0.389. The van der Waals surface area contributed by atoms with Crippen LogP contribution in [0.2, 0.25) is 5.02 Å². The normalized spacial score (nSPS) is 11.2. The molecule has 0 saturated heterocycles. The highest BCUT2D eigenvalue weighted by Gasteiger charge is 2.14. The van der Waals surface area contributed by atoms with Gasteiger partial charge in [-0.2, -0.15) is 0 Å². The van der Waals surface area contributed by atoms with Crippen LogP contribution in [0.3, 0.4) is 0 Å². The van der Waals surface area contributed by atoms with E-state index < -0.39 is 15.9 Å². The van der Waals surface area contributed by atoms with Gasteiger partial charge in [0.05, 0.1) is 16.1 Å². The van der Waals surface area contributed by atoms with E-state index in [0.29, 0.717) is 23.9 Å². The Labute approximate surface area is 161 Å². The van der Waals surface area contributed by atoms with E-state index in [-0.39, 0.29) is 15.6 Å². The molecular formula is C16H17ClN4O3S2. The molecule has 0 bridgehead atoms. The second-order valence-electron chi connectivity index (χ2n) is 5.14. The lowest BCUT2D eigenvalue weighted by atomic mass is 10.1. The fraction of sp³-hybridized carbons (Fsp3) is 0.188. The van der Waals surface area contributed by atoms with Gasteiger partial charge in [0.25, 0.3) is 5.91 Å². The van der Waals surface area contributed by atoms with Crippen LogP contribution < -0.4 is 10.5 Å². The first-order valence-electron chi connectivity index (χ1n) is 7.47. The maximum atomic E-state index is 12.3. The molecule has 0 saturated carbocycles. The number of hydrogen-bond donors (Lipinski definition) is 2. The third-order valence-electron chi connectivity index (χ3n) is 3.22. The average molecular weight is 413 g/mol. The molecular weight excluding hydrogens is 396 g/mol. The van der Waals surface area contributed by atoms with Crippen LogP contribution in [-0.2, 0) is 16.4 Å². The number of nitrogens with one attached hydrogen (secondary N) is 1. The van der Waals surface area contributed by atoms with Gasteiger partial charge in [0, 0.05) is 12.3 Å². The van der Waals surface area contributed by atoms with Gasteiger partial charge < -0.3 is 5.32 Å². The maximum Gasteiger partial charge on any atom is 0.271 e. The van der Waals surface area contributed by atoms with Crippen molar-refractivity contribution in [2.45, 2.75) is 16.5 Å². The standard InChI is InChI=1S/C16H17ClN4O3S2/c1-2-9-25-16-20-10-13(17)14(21-16)15(22)19-8-7-11-3-5-12(6-4-11)26(18,23)24/h2-6,10H,1,7-9H2,(H,19,22)(H2,18,23,24). The predicted molar refractivity (Wildman–Crippen MR) is 102 cm³/mol. The van der Waals surface area contributed by atoms with Crippen molar-refractivity contribution in [3.63, 3.8) is 0 Å². The van der Waals surface area contributed by atoms with Crippen LogP contribution >= 0.6 is 23.4 Å². The zero-order valence-corrected chi connectivity index (χ0v) is 16.1. The summed E-state index contributed by atoms with van der Waals surface area (Å²) in [6.45, 7) is 3.95. The maximum absolute atomic E-state index is 12.3. The third kappa shape index (κ3) is 5.80. The van der Waals surface area contributed by atoms with Crippen molar-refractivity contribution in [3.05, 3.63) is 59.4 Å². The number of halogens is 1. The Hall–Kier alpha value is -1.94. The molecule has 0 unspecified atom stereocenters. The highest BCUT2D eigenvalue weighted by atomic mass is 35.5. The summed E-state index contributed by atoms with van der Waals surface area (Å²) >= 11 is 7.34. The Morgan fingerprint density at radius 2 is 2.04 bits per heavy atom. The molecule has 3 N–H and O–H groups in total. The van der Waals surface area contributed by atoms with E-state index in [4.69, 9.17) is 16.7 Å². The molecule has 2 aromatic rings. The van der Waals surface area contributed by atoms with Crippen molar-refractivity contribution in [1.29, 1.82) is 0 Å². The van der Waals surface area contributed by atoms with Gasteiger partial charge in [-0.05, 0) is 24.1 Å². The lowest BCUT2D eigenvalue weighted by Crippen LogP contribution is -2.27. The number of aromatic nitrogens is 2. The Balaban J connectivity index is 1.95. The van der Waals surface area contributed by atoms with Crippen molar-refractivity contribution in [2.75, 3.05) is 12.3 Å². The first-order chi connectivity index (χ1) is 12.3. The number of nitrogens with two attached hydrogens (primary N) is 1. The largest absolute Gasteiger partial charge is 0.350 e. The minimum absolute atomic E-state index is 0.0441. The lowest BCUT2D eigenvalue weighted by molar-refractivity contribution is 0.0948. The van der Waals surface area contributed by atoms with Crippen LogP contribution in [0.1, 0.15) is 16.1 Å². The van der Waals surface area contributed by atoms with Gasteiger partial charge in [-0.25, -0.2) is 23.5 Å². The number of carbonyl (C=O) groups excluding carboxylic acids is 1. The van der Waals surface area contributed by atoms with Crippen molar-refractivity contribution < 1.29 is 13.2 Å². The molecule has 1 aromatic heterocycles. The molecule has 0 aliphatic carbocycles.